The maximum Gasteiger partial charge on any atom is 0.119 e. The van der Waals surface area contributed by atoms with Crippen LogP contribution in [0.3, 0.4) is 0 Å². The van der Waals surface area contributed by atoms with Crippen molar-refractivity contribution in [1.29, 1.82) is 0 Å². The fourth-order valence-electron chi connectivity index (χ4n) is 5.72. The van der Waals surface area contributed by atoms with Crippen LogP contribution in [0.2, 0.25) is 0 Å². The van der Waals surface area contributed by atoms with Crippen LogP contribution in [0.1, 0.15) is 38.5 Å². The number of hydrogen-bond donors (Lipinski definition) is 1. The lowest BCUT2D eigenvalue weighted by Crippen LogP contribution is -1.98. The first-order chi connectivity index (χ1) is 20.3. The highest BCUT2D eigenvalue weighted by atomic mass is 32.1. The summed E-state index contributed by atoms with van der Waals surface area (Å²) in [7, 11) is 0. The number of benzene rings is 5. The molecule has 0 fully saturated rings. The molecule has 206 valence electrons. The molecule has 6 rings (SSSR count). The van der Waals surface area contributed by atoms with Crippen molar-refractivity contribution in [3.63, 3.8) is 0 Å². The summed E-state index contributed by atoms with van der Waals surface area (Å²) in [4.78, 5) is 0. The number of hydrogen-bond acceptors (Lipinski definition) is 2. The van der Waals surface area contributed by atoms with Gasteiger partial charge in [-0.15, -0.1) is 0 Å². The third kappa shape index (κ3) is 6.21. The second kappa shape index (κ2) is 13.1. The highest BCUT2D eigenvalue weighted by molar-refractivity contribution is 7.80. The van der Waals surface area contributed by atoms with Crippen molar-refractivity contribution in [3.8, 4) is 33.7 Å². The number of ether oxygens (including phenoxy) is 1. The number of unbranched alkanes of at least 4 members (excludes halogenated alkanes) is 5. The molecule has 6 aromatic rings. The molecule has 0 atom stereocenters. The van der Waals surface area contributed by atoms with Crippen LogP contribution >= 0.6 is 12.6 Å². The van der Waals surface area contributed by atoms with Gasteiger partial charge in [0.2, 0.25) is 0 Å². The van der Waals surface area contributed by atoms with E-state index in [9.17, 15) is 0 Å². The molecule has 41 heavy (non-hydrogen) atoms. The molecule has 1 heterocycles. The van der Waals surface area contributed by atoms with Gasteiger partial charge >= 0.3 is 0 Å². The highest BCUT2D eigenvalue weighted by Gasteiger charge is 2.15. The molecule has 0 radical (unpaired) electrons. The minimum absolute atomic E-state index is 0.770. The Labute approximate surface area is 249 Å². The average Bonchev–Trinajstić information content (AvgIpc) is 3.36. The van der Waals surface area contributed by atoms with E-state index >= 15 is 0 Å². The van der Waals surface area contributed by atoms with Gasteiger partial charge in [0.25, 0.3) is 0 Å². The monoisotopic (exact) mass is 555 g/mol. The van der Waals surface area contributed by atoms with E-state index in [0.29, 0.717) is 0 Å². The van der Waals surface area contributed by atoms with E-state index in [4.69, 9.17) is 4.74 Å². The van der Waals surface area contributed by atoms with Crippen LogP contribution in [0.15, 0.2) is 121 Å². The molecule has 0 aliphatic carbocycles. The van der Waals surface area contributed by atoms with E-state index in [1.807, 2.05) is 0 Å². The van der Waals surface area contributed by atoms with E-state index < -0.39 is 0 Å². The summed E-state index contributed by atoms with van der Waals surface area (Å²) in [6.07, 6.45) is 7.41. The molecule has 1 aromatic heterocycles. The minimum atomic E-state index is 0.770. The first-order valence-electron chi connectivity index (χ1n) is 14.8. The summed E-state index contributed by atoms with van der Waals surface area (Å²) >= 11 is 4.30. The van der Waals surface area contributed by atoms with Crippen molar-refractivity contribution >= 4 is 34.4 Å². The zero-order valence-corrected chi connectivity index (χ0v) is 24.4. The van der Waals surface area contributed by atoms with Gasteiger partial charge in [0.15, 0.2) is 0 Å². The maximum atomic E-state index is 6.09. The fraction of sp³-hybridized carbons (Fsp3) is 0.211. The van der Waals surface area contributed by atoms with Crippen LogP contribution in [0.5, 0.6) is 5.75 Å². The Morgan fingerprint density at radius 3 is 1.54 bits per heavy atom. The number of nitrogens with zero attached hydrogens (tertiary/aromatic N) is 1. The quantitative estimate of drug-likeness (QED) is 0.117. The Balaban J connectivity index is 1.31. The lowest BCUT2D eigenvalue weighted by molar-refractivity contribution is 0.304. The predicted octanol–water partition coefficient (Wildman–Crippen LogP) is 10.8. The Bertz CT molecular complexity index is 1610. The molecule has 0 N–H and O–H groups in total. The Morgan fingerprint density at radius 2 is 1.00 bits per heavy atom. The molecular formula is C38H37NOS. The summed E-state index contributed by atoms with van der Waals surface area (Å²) < 4.78 is 8.47. The van der Waals surface area contributed by atoms with Crippen molar-refractivity contribution in [1.82, 2.24) is 4.57 Å². The van der Waals surface area contributed by atoms with Gasteiger partial charge in [0, 0.05) is 16.5 Å². The van der Waals surface area contributed by atoms with Crippen molar-refractivity contribution in [2.45, 2.75) is 38.5 Å². The van der Waals surface area contributed by atoms with Gasteiger partial charge in [-0.05, 0) is 89.4 Å². The van der Waals surface area contributed by atoms with Crippen LogP contribution in [-0.4, -0.2) is 16.9 Å². The van der Waals surface area contributed by atoms with E-state index in [1.54, 1.807) is 0 Å². The molecular weight excluding hydrogens is 518 g/mol. The molecule has 3 heteroatoms. The highest BCUT2D eigenvalue weighted by Crippen LogP contribution is 2.37. The van der Waals surface area contributed by atoms with Crippen LogP contribution < -0.4 is 4.74 Å². The number of aromatic nitrogens is 1. The fourth-order valence-corrected chi connectivity index (χ4v) is 5.95. The Hall–Kier alpha value is -3.95. The molecule has 0 saturated heterocycles. The largest absolute Gasteiger partial charge is 0.494 e. The molecule has 0 saturated carbocycles. The van der Waals surface area contributed by atoms with Crippen molar-refractivity contribution in [2.75, 3.05) is 12.4 Å². The number of fused-ring (bicyclic) bond motifs is 3. The van der Waals surface area contributed by atoms with E-state index in [1.165, 1.54) is 76.2 Å². The summed E-state index contributed by atoms with van der Waals surface area (Å²) in [5, 5.41) is 2.52. The predicted molar refractivity (Wildman–Crippen MR) is 179 cm³/mol. The standard InChI is InChI=1S/C38H37NOS/c41-26-12-4-2-1-3-11-25-40-34-21-19-33(20-22-34)39-37-23-17-31(29-13-7-5-8-14-29)27-35(37)36-28-32(18-24-38(36)39)30-15-9-6-10-16-30/h5-10,13-24,27-28,41H,1-4,11-12,25-26H2. The second-order valence-electron chi connectivity index (χ2n) is 10.7. The third-order valence-electron chi connectivity index (χ3n) is 7.90. The molecule has 0 bridgehead atoms. The average molecular weight is 556 g/mol. The van der Waals surface area contributed by atoms with Gasteiger partial charge in [-0.25, -0.2) is 0 Å². The summed E-state index contributed by atoms with van der Waals surface area (Å²) in [5.41, 5.74) is 8.47. The molecule has 2 nitrogen and oxygen atoms in total. The van der Waals surface area contributed by atoms with Gasteiger partial charge < -0.3 is 9.30 Å². The maximum absolute atomic E-state index is 6.09. The second-order valence-corrected chi connectivity index (χ2v) is 11.2. The smallest absolute Gasteiger partial charge is 0.119 e. The molecule has 0 spiro atoms. The van der Waals surface area contributed by atoms with Crippen LogP contribution in [0, 0.1) is 0 Å². The summed E-state index contributed by atoms with van der Waals surface area (Å²) in [5.74, 6) is 1.93. The first-order valence-corrected chi connectivity index (χ1v) is 15.5. The van der Waals surface area contributed by atoms with Gasteiger partial charge in [0.05, 0.1) is 17.6 Å². The Morgan fingerprint density at radius 1 is 0.488 bits per heavy atom. The molecule has 0 unspecified atom stereocenters. The normalized spacial score (nSPS) is 11.3. The number of rotatable bonds is 12. The Kier molecular flexibility index (Phi) is 8.73. The van der Waals surface area contributed by atoms with Crippen LogP contribution in [0.4, 0.5) is 0 Å². The molecule has 0 aliphatic heterocycles. The van der Waals surface area contributed by atoms with Crippen molar-refractivity contribution < 1.29 is 4.74 Å². The first kappa shape index (κ1) is 27.2. The lowest BCUT2D eigenvalue weighted by Gasteiger charge is -2.11. The molecule has 5 aromatic carbocycles. The lowest BCUT2D eigenvalue weighted by atomic mass is 10.0. The van der Waals surface area contributed by atoms with Crippen molar-refractivity contribution in [2.24, 2.45) is 0 Å². The van der Waals surface area contributed by atoms with Crippen LogP contribution in [-0.2, 0) is 0 Å². The summed E-state index contributed by atoms with van der Waals surface area (Å²) in [6, 6.07) is 43.5. The van der Waals surface area contributed by atoms with E-state index in [0.717, 1.165) is 30.2 Å². The SMILES string of the molecule is SCCCCCCCCOc1ccc(-n2c3ccc(-c4ccccc4)cc3c3cc(-c4ccccc4)ccc32)cc1. The van der Waals surface area contributed by atoms with Gasteiger partial charge in [0.1, 0.15) is 5.75 Å². The van der Waals surface area contributed by atoms with E-state index in [-0.39, 0.29) is 0 Å². The van der Waals surface area contributed by atoms with Crippen LogP contribution in [0.25, 0.3) is 49.7 Å². The van der Waals surface area contributed by atoms with Gasteiger partial charge in [-0.3, -0.25) is 0 Å². The molecule has 0 amide bonds. The topological polar surface area (TPSA) is 14.2 Å². The molecule has 0 aliphatic rings. The van der Waals surface area contributed by atoms with E-state index in [2.05, 4.69) is 139 Å². The van der Waals surface area contributed by atoms with Crippen molar-refractivity contribution in [3.05, 3.63) is 121 Å². The van der Waals surface area contributed by atoms with Gasteiger partial charge in [-0.1, -0.05) is 98.5 Å². The minimum Gasteiger partial charge on any atom is -0.494 e. The van der Waals surface area contributed by atoms with Gasteiger partial charge in [-0.2, -0.15) is 12.6 Å². The summed E-state index contributed by atoms with van der Waals surface area (Å²) in [6.45, 7) is 0.770. The number of thiol groups is 1. The zero-order valence-electron chi connectivity index (χ0n) is 23.5. The zero-order chi connectivity index (χ0) is 27.9. The third-order valence-corrected chi connectivity index (χ3v) is 8.21.